The molecule has 1 amide bonds. The molecule has 7 nitrogen and oxygen atoms in total. The Balaban J connectivity index is 0.00000216. The molecule has 0 saturated carbocycles. The minimum Gasteiger partial charge on any atom is -0.336 e. The number of hydrogen-bond donors (Lipinski definition) is 1. The molecule has 0 unspecified atom stereocenters. The Morgan fingerprint density at radius 2 is 1.61 bits per heavy atom. The number of anilines is 2. The Labute approximate surface area is 231 Å². The van der Waals surface area contributed by atoms with Crippen LogP contribution in [0.2, 0.25) is 5.02 Å². The number of aromatic nitrogens is 2. The van der Waals surface area contributed by atoms with Crippen molar-refractivity contribution in [3.63, 3.8) is 0 Å². The van der Waals surface area contributed by atoms with Gasteiger partial charge < -0.3 is 15.1 Å². The van der Waals surface area contributed by atoms with Crippen LogP contribution >= 0.6 is 36.4 Å². The SMILES string of the molecule is C.CN(C)CCN1CCN(C(=O)c2ccc(Nc3nccc(-c4ccc(Cl)cc4)n3)cc2)CC1.Cl.Cl. The largest absolute Gasteiger partial charge is 0.336 e. The van der Waals surface area contributed by atoms with Gasteiger partial charge in [0.2, 0.25) is 5.95 Å². The van der Waals surface area contributed by atoms with Crippen LogP contribution in [0.25, 0.3) is 11.3 Å². The second-order valence-corrected chi connectivity index (χ2v) is 8.85. The summed E-state index contributed by atoms with van der Waals surface area (Å²) in [5.41, 5.74) is 3.29. The van der Waals surface area contributed by atoms with Crippen LogP contribution in [0.5, 0.6) is 0 Å². The first-order chi connectivity index (χ1) is 16.0. The highest BCUT2D eigenvalue weighted by atomic mass is 35.5. The molecule has 196 valence electrons. The van der Waals surface area contributed by atoms with Gasteiger partial charge in [-0.1, -0.05) is 31.2 Å². The number of hydrogen-bond acceptors (Lipinski definition) is 6. The van der Waals surface area contributed by atoms with Crippen molar-refractivity contribution < 1.29 is 4.79 Å². The van der Waals surface area contributed by atoms with Gasteiger partial charge >= 0.3 is 0 Å². The zero-order valence-electron chi connectivity index (χ0n) is 19.9. The van der Waals surface area contributed by atoms with Crippen LogP contribution in [0.3, 0.4) is 0 Å². The van der Waals surface area contributed by atoms with Gasteiger partial charge in [0.1, 0.15) is 0 Å². The Kier molecular flexibility index (Phi) is 13.1. The molecule has 36 heavy (non-hydrogen) atoms. The number of likely N-dealkylation sites (N-methyl/N-ethyl adjacent to an activating group) is 1. The molecule has 1 aromatic heterocycles. The van der Waals surface area contributed by atoms with Gasteiger partial charge in [-0.2, -0.15) is 0 Å². The van der Waals surface area contributed by atoms with Crippen LogP contribution in [0.15, 0.2) is 60.8 Å². The minimum atomic E-state index is 0. The van der Waals surface area contributed by atoms with Gasteiger partial charge in [-0.3, -0.25) is 9.69 Å². The van der Waals surface area contributed by atoms with Crippen molar-refractivity contribution in [2.24, 2.45) is 0 Å². The maximum absolute atomic E-state index is 12.9. The van der Waals surface area contributed by atoms with Crippen molar-refractivity contribution in [1.29, 1.82) is 0 Å². The minimum absolute atomic E-state index is 0. The van der Waals surface area contributed by atoms with E-state index in [0.29, 0.717) is 16.5 Å². The van der Waals surface area contributed by atoms with E-state index in [1.807, 2.05) is 59.5 Å². The lowest BCUT2D eigenvalue weighted by atomic mass is 10.1. The summed E-state index contributed by atoms with van der Waals surface area (Å²) in [7, 11) is 4.17. The second-order valence-electron chi connectivity index (χ2n) is 8.41. The normalized spacial score (nSPS) is 13.3. The molecule has 0 aliphatic carbocycles. The molecule has 1 aliphatic heterocycles. The number of rotatable bonds is 7. The number of benzene rings is 2. The predicted molar refractivity (Wildman–Crippen MR) is 154 cm³/mol. The predicted octanol–water partition coefficient (Wildman–Crippen LogP) is 5.34. The van der Waals surface area contributed by atoms with Gasteiger partial charge in [-0.05, 0) is 56.6 Å². The molecule has 3 aromatic rings. The van der Waals surface area contributed by atoms with E-state index >= 15 is 0 Å². The summed E-state index contributed by atoms with van der Waals surface area (Å²) < 4.78 is 0. The van der Waals surface area contributed by atoms with Gasteiger partial charge in [0.15, 0.2) is 0 Å². The van der Waals surface area contributed by atoms with Gasteiger partial charge in [0.05, 0.1) is 5.69 Å². The van der Waals surface area contributed by atoms with Gasteiger partial charge in [-0.25, -0.2) is 9.97 Å². The van der Waals surface area contributed by atoms with E-state index in [1.165, 1.54) is 0 Å². The number of nitrogens with zero attached hydrogens (tertiary/aromatic N) is 5. The van der Waals surface area contributed by atoms with Crippen LogP contribution in [-0.4, -0.2) is 83.9 Å². The molecule has 0 atom stereocenters. The Morgan fingerprint density at radius 3 is 2.22 bits per heavy atom. The fourth-order valence-electron chi connectivity index (χ4n) is 3.72. The summed E-state index contributed by atoms with van der Waals surface area (Å²) in [6.45, 7) is 5.43. The Hall–Kier alpha value is -2.42. The number of piperazine rings is 1. The first-order valence-electron chi connectivity index (χ1n) is 11.1. The summed E-state index contributed by atoms with van der Waals surface area (Å²) in [6, 6.07) is 16.9. The van der Waals surface area contributed by atoms with Crippen molar-refractivity contribution >= 4 is 54.0 Å². The van der Waals surface area contributed by atoms with E-state index in [4.69, 9.17) is 11.6 Å². The van der Waals surface area contributed by atoms with E-state index in [0.717, 1.165) is 56.2 Å². The molecule has 0 spiro atoms. The fourth-order valence-corrected chi connectivity index (χ4v) is 3.85. The van der Waals surface area contributed by atoms with E-state index in [-0.39, 0.29) is 38.1 Å². The molecule has 0 radical (unpaired) electrons. The summed E-state index contributed by atoms with van der Waals surface area (Å²) in [5, 5.41) is 3.90. The van der Waals surface area contributed by atoms with Crippen LogP contribution in [0, 0.1) is 0 Å². The number of nitrogens with one attached hydrogen (secondary N) is 1. The summed E-state index contributed by atoms with van der Waals surface area (Å²) in [5.74, 6) is 0.574. The van der Waals surface area contributed by atoms with Crippen LogP contribution in [-0.2, 0) is 0 Å². The molecule has 1 saturated heterocycles. The van der Waals surface area contributed by atoms with Crippen LogP contribution < -0.4 is 5.32 Å². The van der Waals surface area contributed by atoms with E-state index in [1.54, 1.807) is 6.20 Å². The first kappa shape index (κ1) is 31.6. The lowest BCUT2D eigenvalue weighted by Gasteiger charge is -2.35. The summed E-state index contributed by atoms with van der Waals surface area (Å²) in [4.78, 5) is 28.3. The molecule has 1 aliphatic rings. The van der Waals surface area contributed by atoms with Crippen molar-refractivity contribution in [3.05, 3.63) is 71.4 Å². The first-order valence-corrected chi connectivity index (χ1v) is 11.5. The van der Waals surface area contributed by atoms with Gasteiger partial charge in [-0.15, -0.1) is 24.8 Å². The fraction of sp³-hybridized carbons (Fsp3) is 0.346. The molecule has 1 fully saturated rings. The molecular formula is C26H35Cl3N6O. The third-order valence-corrected chi connectivity index (χ3v) is 5.96. The van der Waals surface area contributed by atoms with Gasteiger partial charge in [0, 0.05) is 67.3 Å². The number of amides is 1. The van der Waals surface area contributed by atoms with Gasteiger partial charge in [0.25, 0.3) is 5.91 Å². The van der Waals surface area contributed by atoms with Crippen LogP contribution in [0.4, 0.5) is 11.6 Å². The molecule has 4 rings (SSSR count). The van der Waals surface area contributed by atoms with Crippen LogP contribution in [0.1, 0.15) is 17.8 Å². The van der Waals surface area contributed by atoms with Crippen molar-refractivity contribution in [1.82, 2.24) is 24.7 Å². The monoisotopic (exact) mass is 552 g/mol. The Morgan fingerprint density at radius 1 is 0.972 bits per heavy atom. The zero-order valence-corrected chi connectivity index (χ0v) is 22.2. The molecule has 0 bridgehead atoms. The smallest absolute Gasteiger partial charge is 0.253 e. The third-order valence-electron chi connectivity index (χ3n) is 5.71. The van der Waals surface area contributed by atoms with Crippen molar-refractivity contribution in [3.8, 4) is 11.3 Å². The molecular weight excluding hydrogens is 519 g/mol. The summed E-state index contributed by atoms with van der Waals surface area (Å²) >= 11 is 5.98. The maximum atomic E-state index is 12.9. The second kappa shape index (κ2) is 15.0. The molecule has 2 aromatic carbocycles. The topological polar surface area (TPSA) is 64.6 Å². The maximum Gasteiger partial charge on any atom is 0.253 e. The lowest BCUT2D eigenvalue weighted by molar-refractivity contribution is 0.0630. The number of carbonyl (C=O) groups is 1. The summed E-state index contributed by atoms with van der Waals surface area (Å²) in [6.07, 6.45) is 1.72. The highest BCUT2D eigenvalue weighted by Gasteiger charge is 2.22. The average molecular weight is 554 g/mol. The Bertz CT molecular complexity index is 1070. The molecule has 1 N–H and O–H groups in total. The standard InChI is InChI=1S/C25H29ClN6O.CH4.2ClH/c1-30(2)13-14-31-15-17-32(18-16-31)24(33)20-5-9-22(10-6-20)28-25-27-12-11-23(29-25)19-3-7-21(26)8-4-19;;;/h3-12H,13-18H2,1-2H3,(H,27,28,29);1H4;2*1H. The van der Waals surface area contributed by atoms with E-state index in [2.05, 4.69) is 39.2 Å². The van der Waals surface area contributed by atoms with Crippen molar-refractivity contribution in [2.75, 3.05) is 58.7 Å². The van der Waals surface area contributed by atoms with Crippen molar-refractivity contribution in [2.45, 2.75) is 7.43 Å². The number of carbonyl (C=O) groups excluding carboxylic acids is 1. The van der Waals surface area contributed by atoms with E-state index in [9.17, 15) is 4.79 Å². The molecule has 2 heterocycles. The number of halogens is 3. The quantitative estimate of drug-likeness (QED) is 0.426. The highest BCUT2D eigenvalue weighted by Crippen LogP contribution is 2.22. The average Bonchev–Trinajstić information content (AvgIpc) is 2.84. The zero-order chi connectivity index (χ0) is 23.2. The third kappa shape index (κ3) is 8.61. The lowest BCUT2D eigenvalue weighted by Crippen LogP contribution is -2.49. The molecule has 10 heteroatoms. The van der Waals surface area contributed by atoms with E-state index < -0.39 is 0 Å². The highest BCUT2D eigenvalue weighted by molar-refractivity contribution is 6.30.